The molecular formula is C43H44N3O6S2+. The molecule has 0 amide bonds. The molecule has 4 aromatic rings. The van der Waals surface area contributed by atoms with Gasteiger partial charge in [-0.05, 0) is 104 Å². The first-order chi connectivity index (χ1) is 25.7. The smallest absolute Gasteiger partial charge is 0.294 e. The van der Waals surface area contributed by atoms with Crippen LogP contribution in [0, 0.1) is 0 Å². The van der Waals surface area contributed by atoms with Gasteiger partial charge in [0, 0.05) is 57.8 Å². The third kappa shape index (κ3) is 6.76. The van der Waals surface area contributed by atoms with Crippen LogP contribution in [-0.4, -0.2) is 42.6 Å². The zero-order valence-electron chi connectivity index (χ0n) is 31.1. The SMILES string of the molecule is CN1C(=CC=C2CCC(C=CC3=[N+](C)c4ccc(SOOO)cc4C3(C)C)=C2N(c2ccccc2)c2ccccc2)C(C)(C)c2cc(S(=O)(=O)O)ccc21. The second kappa shape index (κ2) is 14.5. The lowest BCUT2D eigenvalue weighted by Gasteiger charge is -2.29. The Morgan fingerprint density at radius 1 is 0.833 bits per heavy atom. The number of hydrogen-bond acceptors (Lipinski definition) is 8. The zero-order chi connectivity index (χ0) is 38.4. The van der Waals surface area contributed by atoms with E-state index in [1.165, 1.54) is 17.2 Å². The van der Waals surface area contributed by atoms with Crippen LogP contribution in [0.15, 0.2) is 154 Å². The second-order valence-electron chi connectivity index (χ2n) is 14.8. The van der Waals surface area contributed by atoms with Gasteiger partial charge in [-0.25, -0.2) is 5.26 Å². The first-order valence-electron chi connectivity index (χ1n) is 17.7. The van der Waals surface area contributed by atoms with Crippen molar-refractivity contribution >= 4 is 50.6 Å². The summed E-state index contributed by atoms with van der Waals surface area (Å²) in [6.07, 6.45) is 10.5. The molecule has 0 unspecified atom stereocenters. The lowest BCUT2D eigenvalue weighted by molar-refractivity contribution is -0.432. The summed E-state index contributed by atoms with van der Waals surface area (Å²) in [4.78, 5) is 5.15. The van der Waals surface area contributed by atoms with Gasteiger partial charge in [0.05, 0.1) is 28.1 Å². The molecule has 0 fully saturated rings. The van der Waals surface area contributed by atoms with E-state index >= 15 is 0 Å². The van der Waals surface area contributed by atoms with Crippen molar-refractivity contribution < 1.29 is 32.2 Å². The topological polar surface area (TPSA) is 103 Å². The number of hydrogen-bond donors (Lipinski definition) is 2. The van der Waals surface area contributed by atoms with Gasteiger partial charge in [-0.2, -0.15) is 13.0 Å². The average molecular weight is 763 g/mol. The molecule has 0 spiro atoms. The van der Waals surface area contributed by atoms with E-state index in [1.54, 1.807) is 12.1 Å². The van der Waals surface area contributed by atoms with Crippen molar-refractivity contribution in [2.24, 2.45) is 0 Å². The first kappa shape index (κ1) is 37.6. The van der Waals surface area contributed by atoms with Gasteiger partial charge in [-0.3, -0.25) is 4.55 Å². The molecule has 278 valence electrons. The molecule has 0 radical (unpaired) electrons. The average Bonchev–Trinajstić information content (AvgIpc) is 3.70. The minimum absolute atomic E-state index is 0.108. The molecular weight excluding hydrogens is 719 g/mol. The minimum Gasteiger partial charge on any atom is -0.347 e. The summed E-state index contributed by atoms with van der Waals surface area (Å²) in [6.45, 7) is 8.59. The van der Waals surface area contributed by atoms with E-state index in [4.69, 9.17) is 9.59 Å². The summed E-state index contributed by atoms with van der Waals surface area (Å²) in [7, 11) is -0.261. The number of likely N-dealkylation sites (N-methyl/N-ethyl adjacent to an activating group) is 1. The van der Waals surface area contributed by atoms with Crippen LogP contribution in [0.1, 0.15) is 51.7 Å². The van der Waals surface area contributed by atoms with Crippen LogP contribution >= 0.6 is 12.0 Å². The molecule has 0 aromatic heterocycles. The molecule has 0 bridgehead atoms. The van der Waals surface area contributed by atoms with Crippen LogP contribution in [0.2, 0.25) is 0 Å². The molecule has 3 aliphatic rings. The Balaban J connectivity index is 1.35. The largest absolute Gasteiger partial charge is 0.347 e. The molecule has 9 nitrogen and oxygen atoms in total. The van der Waals surface area contributed by atoms with Gasteiger partial charge >= 0.3 is 0 Å². The maximum absolute atomic E-state index is 12.0. The molecule has 2 aliphatic heterocycles. The number of rotatable bonds is 10. The van der Waals surface area contributed by atoms with E-state index in [-0.39, 0.29) is 10.3 Å². The van der Waals surface area contributed by atoms with Crippen molar-refractivity contribution in [2.45, 2.75) is 61.2 Å². The highest BCUT2D eigenvalue weighted by molar-refractivity contribution is 7.94. The van der Waals surface area contributed by atoms with Crippen LogP contribution in [0.25, 0.3) is 0 Å². The van der Waals surface area contributed by atoms with Gasteiger partial charge in [0.15, 0.2) is 5.71 Å². The van der Waals surface area contributed by atoms with Crippen LogP contribution < -0.4 is 9.80 Å². The highest BCUT2D eigenvalue weighted by Crippen LogP contribution is 2.49. The molecule has 7 rings (SSSR count). The number of anilines is 3. The van der Waals surface area contributed by atoms with Gasteiger partial charge in [-0.15, -0.1) is 4.33 Å². The van der Waals surface area contributed by atoms with Crippen LogP contribution in [0.5, 0.6) is 0 Å². The fourth-order valence-electron chi connectivity index (χ4n) is 8.14. The lowest BCUT2D eigenvalue weighted by Crippen LogP contribution is -2.26. The monoisotopic (exact) mass is 762 g/mol. The highest BCUT2D eigenvalue weighted by Gasteiger charge is 2.43. The summed E-state index contributed by atoms with van der Waals surface area (Å²) in [5.74, 6) is 0. The Bertz CT molecular complexity index is 2340. The van der Waals surface area contributed by atoms with Crippen molar-refractivity contribution in [3.63, 3.8) is 0 Å². The van der Waals surface area contributed by atoms with Gasteiger partial charge in [0.1, 0.15) is 7.05 Å². The van der Waals surface area contributed by atoms with Crippen molar-refractivity contribution in [3.8, 4) is 0 Å². The van der Waals surface area contributed by atoms with Crippen molar-refractivity contribution in [2.75, 3.05) is 23.9 Å². The Morgan fingerprint density at radius 2 is 1.50 bits per heavy atom. The number of nitrogens with zero attached hydrogens (tertiary/aromatic N) is 3. The Kier molecular flexibility index (Phi) is 10.1. The molecule has 0 saturated carbocycles. The second-order valence-corrected chi connectivity index (χ2v) is 17.0. The summed E-state index contributed by atoms with van der Waals surface area (Å²) in [5, 5.41) is 12.5. The van der Waals surface area contributed by atoms with Crippen molar-refractivity contribution in [1.29, 1.82) is 0 Å². The Hall–Kier alpha value is -4.75. The fourth-order valence-corrected chi connectivity index (χ4v) is 9.05. The predicted molar refractivity (Wildman–Crippen MR) is 215 cm³/mol. The zero-order valence-corrected chi connectivity index (χ0v) is 32.8. The minimum atomic E-state index is -4.35. The van der Waals surface area contributed by atoms with Crippen LogP contribution in [-0.2, 0) is 30.3 Å². The quantitative estimate of drug-likeness (QED) is 0.0537. The molecule has 54 heavy (non-hydrogen) atoms. The summed E-state index contributed by atoms with van der Waals surface area (Å²) >= 11 is 0.955. The third-order valence-corrected chi connectivity index (χ3v) is 12.3. The van der Waals surface area contributed by atoms with E-state index in [9.17, 15) is 13.0 Å². The van der Waals surface area contributed by atoms with Crippen molar-refractivity contribution in [1.82, 2.24) is 0 Å². The summed E-state index contributed by atoms with van der Waals surface area (Å²) < 4.78 is 40.9. The first-order valence-corrected chi connectivity index (χ1v) is 19.9. The molecule has 1 aliphatic carbocycles. The van der Waals surface area contributed by atoms with Crippen LogP contribution in [0.4, 0.5) is 22.7 Å². The fraction of sp³-hybridized carbons (Fsp3) is 0.233. The standard InChI is InChI=1S/C43H43N3O6S2/c1-42(2)35-27-33(53-52-51-47)21-23-37(35)44(5)39(42)25-19-29-17-18-30(41(29)46(31-13-9-7-10-14-31)32-15-11-8-12-16-32)20-26-40-43(3,4)36-28-34(54(48,49)50)22-24-38(36)45(40)6/h7-16,19-28H,17-18H2,1-6H3,(H-,47,48,49,50)/p+1. The van der Waals surface area contributed by atoms with E-state index in [1.807, 2.05) is 25.2 Å². The van der Waals surface area contributed by atoms with Gasteiger partial charge in [0.25, 0.3) is 10.1 Å². The highest BCUT2D eigenvalue weighted by atomic mass is 32.2. The molecule has 0 saturated heterocycles. The molecule has 11 heteroatoms. The van der Waals surface area contributed by atoms with Crippen LogP contribution in [0.3, 0.4) is 0 Å². The van der Waals surface area contributed by atoms with Gasteiger partial charge in [-0.1, -0.05) is 67.4 Å². The van der Waals surface area contributed by atoms with E-state index < -0.39 is 15.5 Å². The van der Waals surface area contributed by atoms with E-state index in [0.29, 0.717) is 0 Å². The predicted octanol–water partition coefficient (Wildman–Crippen LogP) is 10.0. The molecule has 2 N–H and O–H groups in total. The number of benzene rings is 4. The summed E-state index contributed by atoms with van der Waals surface area (Å²) in [5.41, 5.74) is 10.9. The summed E-state index contributed by atoms with van der Waals surface area (Å²) in [6, 6.07) is 31.7. The maximum Gasteiger partial charge on any atom is 0.294 e. The third-order valence-electron chi connectivity index (χ3n) is 10.9. The maximum atomic E-state index is 12.0. The Labute approximate surface area is 321 Å². The lowest BCUT2D eigenvalue weighted by atomic mass is 9.81. The molecule has 2 heterocycles. The van der Waals surface area contributed by atoms with Gasteiger partial charge in [0.2, 0.25) is 5.69 Å². The number of allylic oxidation sites excluding steroid dienone is 7. The Morgan fingerprint density at radius 3 is 2.13 bits per heavy atom. The van der Waals surface area contributed by atoms with Gasteiger partial charge < -0.3 is 9.80 Å². The number of fused-ring (bicyclic) bond motifs is 2. The number of para-hydroxylation sites is 2. The molecule has 4 aromatic carbocycles. The molecule has 0 atom stereocenters. The van der Waals surface area contributed by atoms with Crippen molar-refractivity contribution in [3.05, 3.63) is 155 Å². The van der Waals surface area contributed by atoms with E-state index in [0.717, 1.165) is 80.8 Å². The van der Waals surface area contributed by atoms with E-state index in [2.05, 4.69) is 139 Å². The normalized spacial score (nSPS) is 19.1.